The monoisotopic (exact) mass is 307 g/mol. The van der Waals surface area contributed by atoms with Gasteiger partial charge in [-0.1, -0.05) is 0 Å². The van der Waals surface area contributed by atoms with Gasteiger partial charge in [0.2, 0.25) is 5.91 Å². The molecule has 1 aromatic rings. The summed E-state index contributed by atoms with van der Waals surface area (Å²) in [4.78, 5) is 13.8. The number of carbonyl (C=O) groups is 1. The Balaban J connectivity index is 2.22. The fraction of sp³-hybridized carbons (Fsp3) is 0.438. The van der Waals surface area contributed by atoms with Crippen molar-refractivity contribution in [2.45, 2.75) is 13.8 Å². The van der Waals surface area contributed by atoms with Crippen LogP contribution in [0.25, 0.3) is 0 Å². The molecule has 6 nitrogen and oxygen atoms in total. The third-order valence-electron chi connectivity index (χ3n) is 3.42. The lowest BCUT2D eigenvalue weighted by atomic mass is 10.2. The standard InChI is InChI=1S/C16H21NO5/c1-5-17(6-2)16(18)7-11-10-21-14-8-12(19-3)13(20-4)9-15(14)22-11/h7-9H,5-6,10H2,1-4H3/b11-7+. The molecule has 1 amide bonds. The molecule has 0 aliphatic carbocycles. The van der Waals surface area contributed by atoms with Gasteiger partial charge in [0.25, 0.3) is 0 Å². The maximum atomic E-state index is 12.1. The number of fused-ring (bicyclic) bond motifs is 1. The molecule has 0 bridgehead atoms. The summed E-state index contributed by atoms with van der Waals surface area (Å²) in [6.45, 7) is 5.38. The van der Waals surface area contributed by atoms with Crippen LogP contribution in [0.2, 0.25) is 0 Å². The van der Waals surface area contributed by atoms with E-state index in [1.54, 1.807) is 31.3 Å². The number of methoxy groups -OCH3 is 2. The Morgan fingerprint density at radius 2 is 1.77 bits per heavy atom. The minimum absolute atomic E-state index is 0.0903. The highest BCUT2D eigenvalue weighted by atomic mass is 16.6. The first-order valence-corrected chi connectivity index (χ1v) is 7.19. The first kappa shape index (κ1) is 16.0. The number of nitrogens with zero attached hydrogens (tertiary/aromatic N) is 1. The molecule has 0 spiro atoms. The summed E-state index contributed by atoms with van der Waals surface area (Å²) < 4.78 is 21.8. The van der Waals surface area contributed by atoms with E-state index in [4.69, 9.17) is 18.9 Å². The molecule has 0 unspecified atom stereocenters. The summed E-state index contributed by atoms with van der Waals surface area (Å²) in [5.41, 5.74) is 0. The van der Waals surface area contributed by atoms with Gasteiger partial charge in [-0.15, -0.1) is 0 Å². The Bertz CT molecular complexity index is 578. The van der Waals surface area contributed by atoms with E-state index in [1.165, 1.54) is 6.08 Å². The summed E-state index contributed by atoms with van der Waals surface area (Å²) in [6, 6.07) is 3.39. The van der Waals surface area contributed by atoms with Crippen LogP contribution in [0.5, 0.6) is 23.0 Å². The van der Waals surface area contributed by atoms with Gasteiger partial charge in [-0.2, -0.15) is 0 Å². The van der Waals surface area contributed by atoms with E-state index in [0.717, 1.165) is 0 Å². The fourth-order valence-corrected chi connectivity index (χ4v) is 2.19. The van der Waals surface area contributed by atoms with Crippen LogP contribution in [0.1, 0.15) is 13.8 Å². The van der Waals surface area contributed by atoms with Crippen molar-refractivity contribution in [3.63, 3.8) is 0 Å². The number of rotatable bonds is 5. The smallest absolute Gasteiger partial charge is 0.250 e. The van der Waals surface area contributed by atoms with Gasteiger partial charge in [0.05, 0.1) is 14.2 Å². The minimum atomic E-state index is -0.0903. The summed E-state index contributed by atoms with van der Waals surface area (Å²) in [7, 11) is 3.11. The largest absolute Gasteiger partial charge is 0.493 e. The molecule has 0 atom stereocenters. The Morgan fingerprint density at radius 1 is 1.18 bits per heavy atom. The number of benzene rings is 1. The Labute approximate surface area is 130 Å². The number of hydrogen-bond acceptors (Lipinski definition) is 5. The highest BCUT2D eigenvalue weighted by Gasteiger charge is 2.21. The first-order valence-electron chi connectivity index (χ1n) is 7.19. The first-order chi connectivity index (χ1) is 10.6. The summed E-state index contributed by atoms with van der Waals surface area (Å²) in [5, 5.41) is 0. The molecular formula is C16H21NO5. The molecule has 120 valence electrons. The number of likely N-dealkylation sites (N-methyl/N-ethyl adjacent to an activating group) is 1. The lowest BCUT2D eigenvalue weighted by molar-refractivity contribution is -0.125. The lowest BCUT2D eigenvalue weighted by Crippen LogP contribution is -2.30. The number of amides is 1. The molecule has 1 heterocycles. The van der Waals surface area contributed by atoms with Crippen LogP contribution in [-0.2, 0) is 4.79 Å². The number of carbonyl (C=O) groups excluding carboxylic acids is 1. The number of hydrogen-bond donors (Lipinski definition) is 0. The second kappa shape index (κ2) is 7.06. The molecule has 0 saturated carbocycles. The van der Waals surface area contributed by atoms with Crippen molar-refractivity contribution in [2.75, 3.05) is 33.9 Å². The third kappa shape index (κ3) is 3.27. The van der Waals surface area contributed by atoms with E-state index in [9.17, 15) is 4.79 Å². The van der Waals surface area contributed by atoms with Gasteiger partial charge in [0.1, 0.15) is 12.4 Å². The van der Waals surface area contributed by atoms with E-state index in [1.807, 2.05) is 13.8 Å². The van der Waals surface area contributed by atoms with Gasteiger partial charge in [0, 0.05) is 31.3 Å². The Morgan fingerprint density at radius 3 is 2.32 bits per heavy atom. The van der Waals surface area contributed by atoms with Crippen LogP contribution in [-0.4, -0.2) is 44.7 Å². The highest BCUT2D eigenvalue weighted by Crippen LogP contribution is 2.42. The van der Waals surface area contributed by atoms with Crippen LogP contribution in [0.4, 0.5) is 0 Å². The average Bonchev–Trinajstić information content (AvgIpc) is 2.54. The summed E-state index contributed by atoms with van der Waals surface area (Å²) in [6.07, 6.45) is 1.46. The van der Waals surface area contributed by atoms with Crippen molar-refractivity contribution in [3.05, 3.63) is 24.0 Å². The molecule has 1 aliphatic rings. The van der Waals surface area contributed by atoms with Gasteiger partial charge in [-0.25, -0.2) is 0 Å². The van der Waals surface area contributed by atoms with Crippen molar-refractivity contribution in [1.82, 2.24) is 4.90 Å². The molecule has 0 aromatic heterocycles. The second-order valence-electron chi connectivity index (χ2n) is 4.67. The van der Waals surface area contributed by atoms with Crippen LogP contribution in [0.3, 0.4) is 0 Å². The van der Waals surface area contributed by atoms with Crippen molar-refractivity contribution >= 4 is 5.91 Å². The zero-order valence-electron chi connectivity index (χ0n) is 13.3. The van der Waals surface area contributed by atoms with E-state index in [2.05, 4.69) is 0 Å². The molecule has 1 aromatic carbocycles. The lowest BCUT2D eigenvalue weighted by Gasteiger charge is -2.23. The fourth-order valence-electron chi connectivity index (χ4n) is 2.19. The maximum absolute atomic E-state index is 12.1. The average molecular weight is 307 g/mol. The van der Waals surface area contributed by atoms with Gasteiger partial charge in [-0.3, -0.25) is 4.79 Å². The van der Waals surface area contributed by atoms with Crippen molar-refractivity contribution < 1.29 is 23.7 Å². The molecule has 0 saturated heterocycles. The van der Waals surface area contributed by atoms with Gasteiger partial charge >= 0.3 is 0 Å². The van der Waals surface area contributed by atoms with Crippen LogP contribution >= 0.6 is 0 Å². The maximum Gasteiger partial charge on any atom is 0.250 e. The summed E-state index contributed by atoms with van der Waals surface area (Å²) >= 11 is 0. The van der Waals surface area contributed by atoms with Crippen molar-refractivity contribution in [2.24, 2.45) is 0 Å². The number of ether oxygens (including phenoxy) is 4. The van der Waals surface area contributed by atoms with Crippen LogP contribution in [0, 0.1) is 0 Å². The molecule has 0 N–H and O–H groups in total. The van der Waals surface area contributed by atoms with E-state index >= 15 is 0 Å². The summed E-state index contributed by atoms with van der Waals surface area (Å²) in [5.74, 6) is 2.55. The van der Waals surface area contributed by atoms with Gasteiger partial charge in [-0.05, 0) is 13.8 Å². The Kier molecular flexibility index (Phi) is 5.14. The molecule has 2 rings (SSSR count). The van der Waals surface area contributed by atoms with E-state index in [-0.39, 0.29) is 12.5 Å². The normalized spacial score (nSPS) is 14.6. The molecule has 22 heavy (non-hydrogen) atoms. The zero-order valence-corrected chi connectivity index (χ0v) is 13.3. The topological polar surface area (TPSA) is 57.2 Å². The third-order valence-corrected chi connectivity index (χ3v) is 3.42. The molecule has 0 radical (unpaired) electrons. The zero-order chi connectivity index (χ0) is 16.1. The predicted molar refractivity (Wildman–Crippen MR) is 81.7 cm³/mol. The van der Waals surface area contributed by atoms with Crippen LogP contribution in [0.15, 0.2) is 24.0 Å². The molecule has 1 aliphatic heterocycles. The highest BCUT2D eigenvalue weighted by molar-refractivity contribution is 5.88. The predicted octanol–water partition coefficient (Wildman–Crippen LogP) is 2.23. The van der Waals surface area contributed by atoms with Gasteiger partial charge in [0.15, 0.2) is 23.0 Å². The van der Waals surface area contributed by atoms with E-state index in [0.29, 0.717) is 41.8 Å². The van der Waals surface area contributed by atoms with Crippen molar-refractivity contribution in [1.29, 1.82) is 0 Å². The van der Waals surface area contributed by atoms with Gasteiger partial charge < -0.3 is 23.8 Å². The quantitative estimate of drug-likeness (QED) is 0.781. The molecule has 6 heteroatoms. The van der Waals surface area contributed by atoms with Crippen LogP contribution < -0.4 is 18.9 Å². The molecule has 0 fully saturated rings. The SMILES string of the molecule is CCN(CC)C(=O)/C=C1\COc2cc(OC)c(OC)cc2O1. The Hall–Kier alpha value is -2.37. The minimum Gasteiger partial charge on any atom is -0.493 e. The van der Waals surface area contributed by atoms with Crippen molar-refractivity contribution in [3.8, 4) is 23.0 Å². The van der Waals surface area contributed by atoms with E-state index < -0.39 is 0 Å². The molecular weight excluding hydrogens is 286 g/mol. The second-order valence-corrected chi connectivity index (χ2v) is 4.67.